The van der Waals surface area contributed by atoms with Crippen molar-refractivity contribution in [2.75, 3.05) is 21.1 Å². The summed E-state index contributed by atoms with van der Waals surface area (Å²) in [5, 5.41) is 0. The van der Waals surface area contributed by atoms with Crippen LogP contribution in [0.5, 0.6) is 0 Å². The normalized spacial score (nSPS) is 15.4. The Balaban J connectivity index is 4.35. The molecule has 0 aromatic heterocycles. The van der Waals surface area contributed by atoms with Crippen LogP contribution in [0.3, 0.4) is 0 Å². The maximum atomic E-state index is 11.7. The molecule has 0 rings (SSSR count). The summed E-state index contributed by atoms with van der Waals surface area (Å²) < 4.78 is 2.80. The van der Waals surface area contributed by atoms with Crippen LogP contribution in [0.2, 0.25) is 0 Å². The summed E-state index contributed by atoms with van der Waals surface area (Å²) in [6.07, 6.45) is 6.13. The molecule has 1 amide bonds. The van der Waals surface area contributed by atoms with Gasteiger partial charge < -0.3 is 4.89 Å². The Kier molecular flexibility index (Phi) is 7.07. The van der Waals surface area contributed by atoms with Crippen molar-refractivity contribution in [1.29, 1.82) is 0 Å². The van der Waals surface area contributed by atoms with E-state index >= 15 is 0 Å². The van der Waals surface area contributed by atoms with Gasteiger partial charge in [0, 0.05) is 13.5 Å². The summed E-state index contributed by atoms with van der Waals surface area (Å²) in [4.78, 5) is 21.7. The van der Waals surface area contributed by atoms with Gasteiger partial charge in [0.1, 0.15) is 0 Å². The van der Waals surface area contributed by atoms with E-state index in [1.165, 1.54) is 9.34 Å². The van der Waals surface area contributed by atoms with E-state index in [2.05, 4.69) is 6.92 Å². The molecule has 16 heavy (non-hydrogen) atoms. The van der Waals surface area contributed by atoms with Crippen molar-refractivity contribution in [3.8, 4) is 0 Å². The summed E-state index contributed by atoms with van der Waals surface area (Å²) >= 11 is 5.04. The van der Waals surface area contributed by atoms with E-state index in [1.54, 1.807) is 21.1 Å². The largest absolute Gasteiger partial charge is 0.338 e. The summed E-state index contributed by atoms with van der Waals surface area (Å²) in [7, 11) is 4.91. The Morgan fingerprint density at radius 1 is 1.38 bits per heavy atom. The van der Waals surface area contributed by atoms with Crippen molar-refractivity contribution >= 4 is 24.3 Å². The minimum absolute atomic E-state index is 0.146. The van der Waals surface area contributed by atoms with Gasteiger partial charge in [-0.1, -0.05) is 25.5 Å². The van der Waals surface area contributed by atoms with Crippen molar-refractivity contribution in [2.45, 2.75) is 26.2 Å². The summed E-state index contributed by atoms with van der Waals surface area (Å²) in [5.41, 5.74) is 0. The molecular formula is C10H21N2O2PS. The Morgan fingerprint density at radius 2 is 1.94 bits per heavy atom. The fraction of sp³-hybridized carbons (Fsp3) is 0.700. The Labute approximate surface area is 103 Å². The maximum Gasteiger partial charge on any atom is 0.232 e. The fourth-order valence-electron chi connectivity index (χ4n) is 1.01. The third kappa shape index (κ3) is 4.74. The van der Waals surface area contributed by atoms with Crippen LogP contribution in [0.25, 0.3) is 0 Å². The summed E-state index contributed by atoms with van der Waals surface area (Å²) in [5.74, 6) is -0.146. The van der Waals surface area contributed by atoms with Gasteiger partial charge in [-0.3, -0.25) is 9.46 Å². The van der Waals surface area contributed by atoms with Crippen LogP contribution in [-0.2, 0) is 16.6 Å². The van der Waals surface area contributed by atoms with Crippen molar-refractivity contribution in [3.05, 3.63) is 12.2 Å². The second-order valence-electron chi connectivity index (χ2n) is 3.74. The van der Waals surface area contributed by atoms with Gasteiger partial charge >= 0.3 is 0 Å². The molecule has 0 aliphatic rings. The number of nitrogens with zero attached hydrogens (tertiary/aromatic N) is 2. The number of carbonyl (C=O) groups excluding carboxylic acids is 1. The molecule has 6 heteroatoms. The molecule has 0 aliphatic heterocycles. The number of rotatable bonds is 6. The van der Waals surface area contributed by atoms with Crippen molar-refractivity contribution in [1.82, 2.24) is 9.34 Å². The first-order valence-electron chi connectivity index (χ1n) is 5.26. The molecule has 0 aliphatic carbocycles. The smallest absolute Gasteiger partial charge is 0.232 e. The third-order valence-corrected chi connectivity index (χ3v) is 5.95. The van der Waals surface area contributed by atoms with Crippen LogP contribution in [-0.4, -0.2) is 41.3 Å². The highest BCUT2D eigenvalue weighted by atomic mass is 32.5. The van der Waals surface area contributed by atoms with E-state index in [-0.39, 0.29) is 5.91 Å². The molecule has 0 heterocycles. The number of hydrogen-bond donors (Lipinski definition) is 1. The molecule has 1 N–H and O–H groups in total. The van der Waals surface area contributed by atoms with E-state index in [0.717, 1.165) is 12.8 Å². The van der Waals surface area contributed by atoms with Crippen molar-refractivity contribution < 1.29 is 9.69 Å². The Bertz CT molecular complexity index is 305. The molecule has 94 valence electrons. The second kappa shape index (κ2) is 7.17. The van der Waals surface area contributed by atoms with E-state index < -0.39 is 6.57 Å². The molecule has 0 fully saturated rings. The minimum atomic E-state index is -2.85. The number of allylic oxidation sites excluding steroid dienone is 1. The van der Waals surface area contributed by atoms with E-state index in [9.17, 15) is 9.69 Å². The quantitative estimate of drug-likeness (QED) is 0.588. The van der Waals surface area contributed by atoms with Crippen LogP contribution in [0.4, 0.5) is 0 Å². The average Bonchev–Trinajstić information content (AvgIpc) is 2.22. The van der Waals surface area contributed by atoms with Crippen molar-refractivity contribution in [2.24, 2.45) is 0 Å². The zero-order valence-corrected chi connectivity index (χ0v) is 12.1. The zero-order valence-electron chi connectivity index (χ0n) is 10.4. The highest BCUT2D eigenvalue weighted by Crippen LogP contribution is 2.46. The van der Waals surface area contributed by atoms with E-state index in [4.69, 9.17) is 11.8 Å². The lowest BCUT2D eigenvalue weighted by Gasteiger charge is -2.31. The zero-order chi connectivity index (χ0) is 12.8. The van der Waals surface area contributed by atoms with Crippen LogP contribution in [0.1, 0.15) is 26.2 Å². The molecule has 0 radical (unpaired) electrons. The molecule has 0 aromatic carbocycles. The number of amides is 1. The fourth-order valence-corrected chi connectivity index (χ4v) is 2.20. The van der Waals surface area contributed by atoms with Gasteiger partial charge in [-0.25, -0.2) is 4.67 Å². The molecule has 0 saturated carbocycles. The van der Waals surface area contributed by atoms with Crippen LogP contribution in [0, 0.1) is 0 Å². The molecule has 0 spiro atoms. The minimum Gasteiger partial charge on any atom is -0.338 e. The maximum absolute atomic E-state index is 11.7. The van der Waals surface area contributed by atoms with Crippen molar-refractivity contribution in [3.63, 3.8) is 0 Å². The van der Waals surface area contributed by atoms with Crippen LogP contribution < -0.4 is 0 Å². The average molecular weight is 264 g/mol. The van der Waals surface area contributed by atoms with Gasteiger partial charge in [0.2, 0.25) is 12.5 Å². The van der Waals surface area contributed by atoms with Crippen LogP contribution in [0.15, 0.2) is 12.2 Å². The van der Waals surface area contributed by atoms with E-state index in [0.29, 0.717) is 6.42 Å². The van der Waals surface area contributed by atoms with E-state index in [1.807, 2.05) is 12.2 Å². The highest BCUT2D eigenvalue weighted by Gasteiger charge is 2.25. The highest BCUT2D eigenvalue weighted by molar-refractivity contribution is 8.09. The molecular weight excluding hydrogens is 243 g/mol. The second-order valence-corrected chi connectivity index (χ2v) is 7.64. The Morgan fingerprint density at radius 3 is 2.38 bits per heavy atom. The monoisotopic (exact) mass is 264 g/mol. The molecule has 4 nitrogen and oxygen atoms in total. The lowest BCUT2D eigenvalue weighted by Crippen LogP contribution is -2.28. The van der Waals surface area contributed by atoms with Gasteiger partial charge in [-0.2, -0.15) is 0 Å². The number of hydrogen-bond acceptors (Lipinski definition) is 2. The third-order valence-electron chi connectivity index (χ3n) is 2.19. The standard InChI is InChI=1S/C10H21N2O2PS/c1-5-6-7-8-9-10(13)12(4)15(14,16)11(2)3/h7-8H,5-6,9H2,1-4H3,(H,14,16). The first-order valence-corrected chi connectivity index (χ1v) is 7.92. The van der Waals surface area contributed by atoms with Gasteiger partial charge in [-0.15, -0.1) is 0 Å². The first-order chi connectivity index (χ1) is 7.34. The number of carbonyl (C=O) groups is 1. The summed E-state index contributed by atoms with van der Waals surface area (Å²) in [6.45, 7) is -0.769. The van der Waals surface area contributed by atoms with Gasteiger partial charge in [0.15, 0.2) is 0 Å². The molecule has 0 aromatic rings. The summed E-state index contributed by atoms with van der Waals surface area (Å²) in [6, 6.07) is 0. The first kappa shape index (κ1) is 15.8. The molecule has 0 bridgehead atoms. The lowest BCUT2D eigenvalue weighted by atomic mass is 10.3. The Hall–Kier alpha value is -0.220. The SMILES string of the molecule is CCCC=CCC(=O)N(C)P(O)(=S)N(C)C. The molecule has 1 atom stereocenters. The predicted molar refractivity (Wildman–Crippen MR) is 71.6 cm³/mol. The van der Waals surface area contributed by atoms with Gasteiger partial charge in [0.25, 0.3) is 0 Å². The van der Waals surface area contributed by atoms with Gasteiger partial charge in [-0.05, 0) is 32.3 Å². The number of unbranched alkanes of at least 4 members (excludes halogenated alkanes) is 1. The topological polar surface area (TPSA) is 43.8 Å². The lowest BCUT2D eigenvalue weighted by molar-refractivity contribution is -0.125. The van der Waals surface area contributed by atoms with Gasteiger partial charge in [0.05, 0.1) is 0 Å². The molecule has 0 saturated heterocycles. The predicted octanol–water partition coefficient (Wildman–Crippen LogP) is 1.97. The van der Waals surface area contributed by atoms with Crippen LogP contribution >= 0.6 is 6.57 Å². The molecule has 1 unspecified atom stereocenters.